The molecule has 0 atom stereocenters. The third-order valence-corrected chi connectivity index (χ3v) is 8.52. The van der Waals surface area contributed by atoms with Gasteiger partial charge in [0.2, 0.25) is 0 Å². The van der Waals surface area contributed by atoms with Crippen LogP contribution >= 0.6 is 23.6 Å². The maximum atomic E-state index is 13.4. The van der Waals surface area contributed by atoms with E-state index in [2.05, 4.69) is 26.0 Å². The Labute approximate surface area is 212 Å². The van der Waals surface area contributed by atoms with Gasteiger partial charge in [-0.15, -0.1) is 11.3 Å². The summed E-state index contributed by atoms with van der Waals surface area (Å²) in [6, 6.07) is 10.1. The average molecular weight is 494 g/mol. The van der Waals surface area contributed by atoms with Crippen LogP contribution in [0.5, 0.6) is 0 Å². The third-order valence-electron chi connectivity index (χ3n) is 6.90. The highest BCUT2D eigenvalue weighted by Crippen LogP contribution is 2.40. The van der Waals surface area contributed by atoms with Crippen LogP contribution in [0.1, 0.15) is 104 Å². The zero-order valence-electron chi connectivity index (χ0n) is 20.5. The van der Waals surface area contributed by atoms with E-state index >= 15 is 0 Å². The third kappa shape index (κ3) is 4.96. The molecule has 1 aliphatic heterocycles. The average Bonchev–Trinajstić information content (AvgIpc) is 3.08. The van der Waals surface area contributed by atoms with Crippen molar-refractivity contribution in [3.05, 3.63) is 51.5 Å². The summed E-state index contributed by atoms with van der Waals surface area (Å²) in [7, 11) is 0. The lowest BCUT2D eigenvalue weighted by Gasteiger charge is -2.12. The predicted octanol–water partition coefficient (Wildman–Crippen LogP) is 8.86. The Balaban J connectivity index is 1.69. The molecule has 0 aliphatic carbocycles. The van der Waals surface area contributed by atoms with Crippen LogP contribution in [0.4, 0.5) is 0 Å². The van der Waals surface area contributed by atoms with E-state index < -0.39 is 0 Å². The molecule has 180 valence electrons. The van der Waals surface area contributed by atoms with E-state index in [9.17, 15) is 9.59 Å². The Morgan fingerprint density at radius 1 is 0.853 bits per heavy atom. The Bertz CT molecular complexity index is 1260. The summed E-state index contributed by atoms with van der Waals surface area (Å²) in [6.07, 6.45) is 12.7. The second kappa shape index (κ2) is 11.5. The molecule has 0 unspecified atom stereocenters. The number of hydrogen-bond acceptors (Lipinski definition) is 4. The topological polar surface area (TPSA) is 37.4 Å². The number of rotatable bonds is 12. The van der Waals surface area contributed by atoms with Crippen molar-refractivity contribution in [3.8, 4) is 0 Å². The lowest BCUT2D eigenvalue weighted by Crippen LogP contribution is -2.30. The smallest absolute Gasteiger partial charge is 0.263 e. The highest BCUT2D eigenvalue weighted by molar-refractivity contribution is 7.72. The van der Waals surface area contributed by atoms with Crippen molar-refractivity contribution in [2.75, 3.05) is 6.54 Å². The summed E-state index contributed by atoms with van der Waals surface area (Å²) in [5.74, 6) is -0.295. The summed E-state index contributed by atoms with van der Waals surface area (Å²) < 4.78 is 2.78. The van der Waals surface area contributed by atoms with Gasteiger partial charge in [0.1, 0.15) is 0 Å². The van der Waals surface area contributed by atoms with Crippen LogP contribution < -0.4 is 0 Å². The molecule has 1 aromatic heterocycles. The summed E-state index contributed by atoms with van der Waals surface area (Å²) in [5, 5.41) is 2.07. The standard InChI is InChI=1S/C29H35NO2S2/c1-3-5-7-8-9-10-11-12-15-20-19-22-25(29(32)30(28(22)31)18-6-4-2)27-24(20)26(33)21-16-13-14-17-23(21)34-27/h13-14,16-17,19H,3-12,15,18H2,1-2H3. The van der Waals surface area contributed by atoms with Gasteiger partial charge in [0.05, 0.1) is 20.3 Å². The quantitative estimate of drug-likeness (QED) is 0.109. The molecule has 2 amide bonds. The van der Waals surface area contributed by atoms with Crippen molar-refractivity contribution in [1.82, 2.24) is 4.90 Å². The van der Waals surface area contributed by atoms with E-state index in [0.717, 1.165) is 55.9 Å². The van der Waals surface area contributed by atoms with Gasteiger partial charge in [-0.1, -0.05) is 95.6 Å². The maximum Gasteiger partial charge on any atom is 0.263 e. The second-order valence-electron chi connectivity index (χ2n) is 9.43. The monoisotopic (exact) mass is 493 g/mol. The molecule has 0 bridgehead atoms. The fourth-order valence-electron chi connectivity index (χ4n) is 4.97. The minimum Gasteiger partial charge on any atom is -0.274 e. The number of fused-ring (bicyclic) bond motifs is 4. The minimum atomic E-state index is -0.155. The van der Waals surface area contributed by atoms with Crippen molar-refractivity contribution in [2.24, 2.45) is 0 Å². The second-order valence-corrected chi connectivity index (χ2v) is 10.9. The Morgan fingerprint density at radius 3 is 2.26 bits per heavy atom. The van der Waals surface area contributed by atoms with Gasteiger partial charge < -0.3 is 0 Å². The number of carbonyl (C=O) groups is 2. The highest BCUT2D eigenvalue weighted by Gasteiger charge is 2.37. The highest BCUT2D eigenvalue weighted by atomic mass is 32.1. The van der Waals surface area contributed by atoms with E-state index in [1.54, 1.807) is 11.3 Å². The molecule has 2 aromatic carbocycles. The van der Waals surface area contributed by atoms with Crippen LogP contribution in [-0.4, -0.2) is 23.3 Å². The molecule has 0 fully saturated rings. The van der Waals surface area contributed by atoms with Crippen molar-refractivity contribution in [1.29, 1.82) is 0 Å². The fourth-order valence-corrected chi connectivity index (χ4v) is 6.79. The van der Waals surface area contributed by atoms with Gasteiger partial charge in [-0.2, -0.15) is 0 Å². The summed E-state index contributed by atoms with van der Waals surface area (Å²) in [6.45, 7) is 4.81. The number of hydrogen-bond donors (Lipinski definition) is 0. The van der Waals surface area contributed by atoms with E-state index in [-0.39, 0.29) is 11.8 Å². The van der Waals surface area contributed by atoms with Crippen molar-refractivity contribution < 1.29 is 9.59 Å². The first-order valence-corrected chi connectivity index (χ1v) is 14.2. The first-order chi connectivity index (χ1) is 16.6. The Morgan fingerprint density at radius 2 is 1.53 bits per heavy atom. The molecule has 0 spiro atoms. The summed E-state index contributed by atoms with van der Waals surface area (Å²) in [5.41, 5.74) is 2.27. The van der Waals surface area contributed by atoms with Crippen LogP contribution in [0.25, 0.3) is 20.2 Å². The van der Waals surface area contributed by atoms with Crippen LogP contribution in [0.3, 0.4) is 0 Å². The molecule has 0 saturated heterocycles. The van der Waals surface area contributed by atoms with Gasteiger partial charge in [0, 0.05) is 22.0 Å². The van der Waals surface area contributed by atoms with Crippen LogP contribution in [0, 0.1) is 4.51 Å². The number of aryl methyl sites for hydroxylation is 1. The minimum absolute atomic E-state index is 0.140. The van der Waals surface area contributed by atoms with Crippen molar-refractivity contribution in [2.45, 2.75) is 84.5 Å². The summed E-state index contributed by atoms with van der Waals surface area (Å²) in [4.78, 5) is 28.1. The van der Waals surface area contributed by atoms with Gasteiger partial charge in [0.25, 0.3) is 11.8 Å². The first-order valence-electron chi connectivity index (χ1n) is 13.0. The van der Waals surface area contributed by atoms with E-state index in [1.165, 1.54) is 49.8 Å². The van der Waals surface area contributed by atoms with E-state index in [4.69, 9.17) is 12.2 Å². The molecule has 5 heteroatoms. The SMILES string of the molecule is CCCCCCCCCCc1cc2c(c3sc4ccccc4c(=S)c13)C(=O)N(CCCC)C2=O. The first kappa shape index (κ1) is 25.0. The van der Waals surface area contributed by atoms with Gasteiger partial charge in [-0.25, -0.2) is 0 Å². The lowest BCUT2D eigenvalue weighted by atomic mass is 9.96. The van der Waals surface area contributed by atoms with Gasteiger partial charge in [-0.05, 0) is 37.0 Å². The number of benzene rings is 2. The fraction of sp³-hybridized carbons (Fsp3) is 0.483. The molecule has 3 nitrogen and oxygen atoms in total. The number of unbranched alkanes of at least 4 members (excludes halogenated alkanes) is 8. The molecule has 0 radical (unpaired) electrons. The number of imide groups is 1. The molecule has 34 heavy (non-hydrogen) atoms. The lowest BCUT2D eigenvalue weighted by molar-refractivity contribution is 0.0653. The largest absolute Gasteiger partial charge is 0.274 e. The van der Waals surface area contributed by atoms with Crippen LogP contribution in [0.2, 0.25) is 0 Å². The van der Waals surface area contributed by atoms with Gasteiger partial charge in [0.15, 0.2) is 0 Å². The molecule has 1 aliphatic rings. The molecular formula is C29H35NO2S2. The maximum absolute atomic E-state index is 13.4. The Hall–Kier alpha value is -2.11. The van der Waals surface area contributed by atoms with Crippen LogP contribution in [-0.2, 0) is 6.42 Å². The predicted molar refractivity (Wildman–Crippen MR) is 147 cm³/mol. The zero-order chi connectivity index (χ0) is 24.1. The molecule has 3 aromatic rings. The Kier molecular flexibility index (Phi) is 8.49. The van der Waals surface area contributed by atoms with E-state index in [1.807, 2.05) is 18.2 Å². The van der Waals surface area contributed by atoms with Crippen molar-refractivity contribution >= 4 is 55.5 Å². The molecular weight excluding hydrogens is 458 g/mol. The normalized spacial score (nSPS) is 13.4. The number of amides is 2. The number of carbonyl (C=O) groups excluding carboxylic acids is 2. The zero-order valence-corrected chi connectivity index (χ0v) is 22.1. The van der Waals surface area contributed by atoms with Gasteiger partial charge in [-0.3, -0.25) is 14.5 Å². The molecule has 4 rings (SSSR count). The summed E-state index contributed by atoms with van der Waals surface area (Å²) >= 11 is 7.58. The molecule has 2 heterocycles. The van der Waals surface area contributed by atoms with Crippen molar-refractivity contribution in [3.63, 3.8) is 0 Å². The number of nitrogens with zero attached hydrogens (tertiary/aromatic N) is 1. The van der Waals surface area contributed by atoms with Crippen LogP contribution in [0.15, 0.2) is 30.3 Å². The molecule has 0 N–H and O–H groups in total. The van der Waals surface area contributed by atoms with Gasteiger partial charge >= 0.3 is 0 Å². The molecule has 0 saturated carbocycles. The van der Waals surface area contributed by atoms with E-state index in [0.29, 0.717) is 17.7 Å².